The molecule has 1 unspecified atom stereocenters. The smallest absolute Gasteiger partial charge is 0.338 e. The summed E-state index contributed by atoms with van der Waals surface area (Å²) in [4.78, 5) is 12.1. The second-order valence-corrected chi connectivity index (χ2v) is 5.60. The van der Waals surface area contributed by atoms with E-state index < -0.39 is 0 Å². The number of ether oxygens (including phenoxy) is 1. The van der Waals surface area contributed by atoms with E-state index >= 15 is 0 Å². The molecule has 2 heteroatoms. The first-order valence-corrected chi connectivity index (χ1v) is 7.10. The summed E-state index contributed by atoms with van der Waals surface area (Å²) in [6, 6.07) is 9.35. The second kappa shape index (κ2) is 5.13. The van der Waals surface area contributed by atoms with Crippen LogP contribution in [0.4, 0.5) is 0 Å². The van der Waals surface area contributed by atoms with E-state index in [2.05, 4.69) is 0 Å². The zero-order valence-electron chi connectivity index (χ0n) is 10.7. The van der Waals surface area contributed by atoms with E-state index in [0.29, 0.717) is 11.5 Å². The van der Waals surface area contributed by atoms with Crippen molar-refractivity contribution in [3.05, 3.63) is 35.9 Å². The van der Waals surface area contributed by atoms with Crippen LogP contribution < -0.4 is 0 Å². The predicted octanol–water partition coefficient (Wildman–Crippen LogP) is 3.81. The number of esters is 1. The molecule has 3 atom stereocenters. The Morgan fingerprint density at radius 2 is 1.78 bits per heavy atom. The third-order valence-electron chi connectivity index (χ3n) is 4.54. The number of rotatable bonds is 2. The maximum atomic E-state index is 12.1. The van der Waals surface area contributed by atoms with Crippen LogP contribution in [0.2, 0.25) is 0 Å². The van der Waals surface area contributed by atoms with Gasteiger partial charge in [-0.1, -0.05) is 37.5 Å². The van der Waals surface area contributed by atoms with Crippen LogP contribution in [0.3, 0.4) is 0 Å². The van der Waals surface area contributed by atoms with Crippen LogP contribution in [0.25, 0.3) is 0 Å². The van der Waals surface area contributed by atoms with Gasteiger partial charge in [0.05, 0.1) is 5.56 Å². The van der Waals surface area contributed by atoms with Crippen molar-refractivity contribution in [3.63, 3.8) is 0 Å². The zero-order chi connectivity index (χ0) is 12.4. The van der Waals surface area contributed by atoms with Crippen molar-refractivity contribution in [2.75, 3.05) is 0 Å². The number of benzene rings is 1. The molecule has 0 amide bonds. The fourth-order valence-electron chi connectivity index (χ4n) is 3.60. The van der Waals surface area contributed by atoms with Gasteiger partial charge in [0.1, 0.15) is 6.10 Å². The quantitative estimate of drug-likeness (QED) is 0.739. The molecule has 0 spiro atoms. The summed E-state index contributed by atoms with van der Waals surface area (Å²) in [5.74, 6) is 1.30. The van der Waals surface area contributed by atoms with Crippen LogP contribution in [0.15, 0.2) is 30.3 Å². The van der Waals surface area contributed by atoms with Gasteiger partial charge in [-0.15, -0.1) is 0 Å². The van der Waals surface area contributed by atoms with Crippen molar-refractivity contribution in [1.82, 2.24) is 0 Å². The van der Waals surface area contributed by atoms with E-state index in [4.69, 9.17) is 4.74 Å². The molecule has 0 heterocycles. The van der Waals surface area contributed by atoms with Crippen LogP contribution in [0.5, 0.6) is 0 Å². The fourth-order valence-corrected chi connectivity index (χ4v) is 3.60. The highest BCUT2D eigenvalue weighted by molar-refractivity contribution is 5.89. The predicted molar refractivity (Wildman–Crippen MR) is 70.3 cm³/mol. The Kier molecular flexibility index (Phi) is 3.35. The van der Waals surface area contributed by atoms with Crippen LogP contribution in [-0.2, 0) is 4.74 Å². The van der Waals surface area contributed by atoms with Crippen molar-refractivity contribution in [2.24, 2.45) is 11.8 Å². The number of carbonyl (C=O) groups excluding carboxylic acids is 1. The van der Waals surface area contributed by atoms with Crippen LogP contribution in [0.1, 0.15) is 48.9 Å². The molecule has 2 aliphatic rings. The van der Waals surface area contributed by atoms with Gasteiger partial charge in [-0.25, -0.2) is 4.79 Å². The molecule has 3 rings (SSSR count). The molecule has 2 fully saturated rings. The maximum Gasteiger partial charge on any atom is 0.338 e. The summed E-state index contributed by atoms with van der Waals surface area (Å²) in [5.41, 5.74) is 0.678. The SMILES string of the molecule is O=C(OC1CC[C@@H]2CCCC[C@H]12)c1ccccc1. The molecule has 1 aromatic carbocycles. The van der Waals surface area contributed by atoms with Gasteiger partial charge in [-0.2, -0.15) is 0 Å². The molecule has 1 aromatic rings. The molecule has 2 saturated carbocycles. The average molecular weight is 244 g/mol. The number of hydrogen-bond acceptors (Lipinski definition) is 2. The Hall–Kier alpha value is -1.31. The summed E-state index contributed by atoms with van der Waals surface area (Å²) in [5, 5.41) is 0. The first-order valence-electron chi connectivity index (χ1n) is 7.10. The molecule has 18 heavy (non-hydrogen) atoms. The van der Waals surface area contributed by atoms with Gasteiger partial charge in [0.2, 0.25) is 0 Å². The molecular weight excluding hydrogens is 224 g/mol. The van der Waals surface area contributed by atoms with Crippen LogP contribution >= 0.6 is 0 Å². The minimum Gasteiger partial charge on any atom is -0.458 e. The highest BCUT2D eigenvalue weighted by Crippen LogP contribution is 2.43. The average Bonchev–Trinajstić information content (AvgIpc) is 2.83. The topological polar surface area (TPSA) is 26.3 Å². The van der Waals surface area contributed by atoms with Gasteiger partial charge in [0.25, 0.3) is 0 Å². The van der Waals surface area contributed by atoms with Gasteiger partial charge in [-0.05, 0) is 43.2 Å². The van der Waals surface area contributed by atoms with Crippen molar-refractivity contribution in [3.8, 4) is 0 Å². The minimum absolute atomic E-state index is 0.146. The molecule has 2 aliphatic carbocycles. The van der Waals surface area contributed by atoms with Crippen LogP contribution in [-0.4, -0.2) is 12.1 Å². The Morgan fingerprint density at radius 3 is 2.61 bits per heavy atom. The van der Waals surface area contributed by atoms with E-state index in [0.717, 1.165) is 12.3 Å². The minimum atomic E-state index is -0.146. The first-order chi connectivity index (χ1) is 8.84. The second-order valence-electron chi connectivity index (χ2n) is 5.60. The highest BCUT2D eigenvalue weighted by Gasteiger charge is 2.39. The summed E-state index contributed by atoms with van der Waals surface area (Å²) >= 11 is 0. The standard InChI is InChI=1S/C16H20O2/c17-16(13-7-2-1-3-8-13)18-15-11-10-12-6-4-5-9-14(12)15/h1-3,7-8,12,14-15H,4-6,9-11H2/t12-,14-,15?/m0/s1. The first kappa shape index (κ1) is 11.8. The summed E-state index contributed by atoms with van der Waals surface area (Å²) < 4.78 is 5.73. The molecule has 0 aromatic heterocycles. The van der Waals surface area contributed by atoms with Crippen molar-refractivity contribution < 1.29 is 9.53 Å². The number of carbonyl (C=O) groups is 1. The Morgan fingerprint density at radius 1 is 1.00 bits per heavy atom. The van der Waals surface area contributed by atoms with E-state index in [1.807, 2.05) is 30.3 Å². The molecule has 0 aliphatic heterocycles. The van der Waals surface area contributed by atoms with E-state index in [-0.39, 0.29) is 12.1 Å². The number of hydrogen-bond donors (Lipinski definition) is 0. The van der Waals surface area contributed by atoms with E-state index in [1.165, 1.54) is 32.1 Å². The fraction of sp³-hybridized carbons (Fsp3) is 0.562. The lowest BCUT2D eigenvalue weighted by atomic mass is 9.81. The Labute approximate surface area is 108 Å². The molecule has 2 nitrogen and oxygen atoms in total. The van der Waals surface area contributed by atoms with Gasteiger partial charge < -0.3 is 4.74 Å². The van der Waals surface area contributed by atoms with E-state index in [1.54, 1.807) is 0 Å². The number of fused-ring (bicyclic) bond motifs is 1. The molecule has 96 valence electrons. The van der Waals surface area contributed by atoms with Gasteiger partial charge in [-0.3, -0.25) is 0 Å². The van der Waals surface area contributed by atoms with Gasteiger partial charge in [0, 0.05) is 0 Å². The molecule has 0 radical (unpaired) electrons. The monoisotopic (exact) mass is 244 g/mol. The largest absolute Gasteiger partial charge is 0.458 e. The van der Waals surface area contributed by atoms with Crippen molar-refractivity contribution >= 4 is 5.97 Å². The third-order valence-corrected chi connectivity index (χ3v) is 4.54. The maximum absolute atomic E-state index is 12.1. The van der Waals surface area contributed by atoms with Crippen molar-refractivity contribution in [1.29, 1.82) is 0 Å². The normalized spacial score (nSPS) is 30.8. The highest BCUT2D eigenvalue weighted by atomic mass is 16.5. The Bertz CT molecular complexity index is 412. The summed E-state index contributed by atoms with van der Waals surface area (Å²) in [6.07, 6.45) is 7.73. The Balaban J connectivity index is 1.65. The lowest BCUT2D eigenvalue weighted by molar-refractivity contribution is 0.0131. The molecule has 0 bridgehead atoms. The molecular formula is C16H20O2. The lowest BCUT2D eigenvalue weighted by Crippen LogP contribution is -2.27. The van der Waals surface area contributed by atoms with Gasteiger partial charge in [0.15, 0.2) is 0 Å². The van der Waals surface area contributed by atoms with Gasteiger partial charge >= 0.3 is 5.97 Å². The lowest BCUT2D eigenvalue weighted by Gasteiger charge is -2.28. The molecule has 0 N–H and O–H groups in total. The third kappa shape index (κ3) is 2.29. The zero-order valence-corrected chi connectivity index (χ0v) is 10.7. The summed E-state index contributed by atoms with van der Waals surface area (Å²) in [6.45, 7) is 0. The van der Waals surface area contributed by atoms with E-state index in [9.17, 15) is 4.79 Å². The summed E-state index contributed by atoms with van der Waals surface area (Å²) in [7, 11) is 0. The van der Waals surface area contributed by atoms with Crippen molar-refractivity contribution in [2.45, 2.75) is 44.6 Å². The molecule has 0 saturated heterocycles. The van der Waals surface area contributed by atoms with Crippen LogP contribution in [0, 0.1) is 11.8 Å².